The van der Waals surface area contributed by atoms with Crippen molar-refractivity contribution in [1.82, 2.24) is 0 Å². The van der Waals surface area contributed by atoms with E-state index < -0.39 is 10.7 Å². The maximum absolute atomic E-state index is 13.4. The number of ether oxygens (including phenoxy) is 1. The van der Waals surface area contributed by atoms with Crippen LogP contribution in [0.15, 0.2) is 18.2 Å². The molecule has 0 spiro atoms. The molecule has 1 aromatic rings. The molecule has 0 N–H and O–H groups in total. The first-order valence-corrected chi connectivity index (χ1v) is 6.20. The van der Waals surface area contributed by atoms with Gasteiger partial charge in [-0.05, 0) is 24.8 Å². The van der Waals surface area contributed by atoms with Gasteiger partial charge in [-0.15, -0.1) is 11.6 Å². The normalized spacial score (nSPS) is 12.2. The summed E-state index contributed by atoms with van der Waals surface area (Å²) in [5.74, 6) is 0.323. The molecule has 1 rings (SSSR count). The van der Waals surface area contributed by atoms with Crippen LogP contribution in [0.5, 0.6) is 5.75 Å². The average molecular weight is 276 g/mol. The smallest absolute Gasteiger partial charge is 0.272 e. The quantitative estimate of drug-likeness (QED) is 0.432. The van der Waals surface area contributed by atoms with Crippen molar-refractivity contribution < 1.29 is 14.1 Å². The molecule has 1 aromatic carbocycles. The maximum atomic E-state index is 13.4. The highest BCUT2D eigenvalue weighted by molar-refractivity contribution is 6.17. The second kappa shape index (κ2) is 7.16. The van der Waals surface area contributed by atoms with Gasteiger partial charge in [0.2, 0.25) is 0 Å². The van der Waals surface area contributed by atoms with Gasteiger partial charge in [-0.3, -0.25) is 10.1 Å². The topological polar surface area (TPSA) is 52.4 Å². The molecule has 6 heteroatoms. The predicted octanol–water partition coefficient (Wildman–Crippen LogP) is 3.77. The number of nitrogens with zero attached hydrogens (tertiary/aromatic N) is 1. The third kappa shape index (κ3) is 4.49. The van der Waals surface area contributed by atoms with Crippen LogP contribution in [0.4, 0.5) is 10.1 Å². The van der Waals surface area contributed by atoms with Crippen LogP contribution in [0.25, 0.3) is 0 Å². The van der Waals surface area contributed by atoms with Gasteiger partial charge in [0, 0.05) is 11.9 Å². The molecule has 18 heavy (non-hydrogen) atoms. The van der Waals surface area contributed by atoms with E-state index >= 15 is 0 Å². The Kier molecular flexibility index (Phi) is 5.85. The van der Waals surface area contributed by atoms with Crippen LogP contribution in [0.2, 0.25) is 0 Å². The highest BCUT2D eigenvalue weighted by Gasteiger charge is 2.11. The van der Waals surface area contributed by atoms with E-state index in [1.54, 1.807) is 0 Å². The van der Waals surface area contributed by atoms with Gasteiger partial charge in [0.15, 0.2) is 11.6 Å². The minimum Gasteiger partial charge on any atom is -0.491 e. The summed E-state index contributed by atoms with van der Waals surface area (Å²) in [4.78, 5) is 9.78. The molecule has 4 nitrogen and oxygen atoms in total. The van der Waals surface area contributed by atoms with Crippen molar-refractivity contribution in [3.8, 4) is 5.75 Å². The van der Waals surface area contributed by atoms with E-state index in [1.165, 1.54) is 12.1 Å². The second-order valence-electron chi connectivity index (χ2n) is 4.09. The van der Waals surface area contributed by atoms with Crippen molar-refractivity contribution >= 4 is 17.3 Å². The van der Waals surface area contributed by atoms with E-state index in [4.69, 9.17) is 16.3 Å². The van der Waals surface area contributed by atoms with Crippen molar-refractivity contribution in [3.63, 3.8) is 0 Å². The molecule has 0 radical (unpaired) electrons. The molecular weight excluding hydrogens is 261 g/mol. The van der Waals surface area contributed by atoms with Gasteiger partial charge in [0.05, 0.1) is 17.6 Å². The minimum atomic E-state index is -0.714. The SMILES string of the molecule is CC(CCCl)CCOc1ccc([N+](=O)[O-])cc1F. The van der Waals surface area contributed by atoms with Crippen LogP contribution in [0.1, 0.15) is 19.8 Å². The van der Waals surface area contributed by atoms with Crippen molar-refractivity contribution in [3.05, 3.63) is 34.1 Å². The Bertz CT molecular complexity index is 414. The van der Waals surface area contributed by atoms with Crippen LogP contribution in [0, 0.1) is 21.8 Å². The van der Waals surface area contributed by atoms with Gasteiger partial charge in [-0.2, -0.15) is 0 Å². The van der Waals surface area contributed by atoms with Crippen molar-refractivity contribution in [2.45, 2.75) is 19.8 Å². The summed E-state index contributed by atoms with van der Waals surface area (Å²) in [6.07, 6.45) is 1.65. The summed E-state index contributed by atoms with van der Waals surface area (Å²) in [5, 5.41) is 10.4. The summed E-state index contributed by atoms with van der Waals surface area (Å²) < 4.78 is 18.7. The third-order valence-corrected chi connectivity index (χ3v) is 2.81. The Morgan fingerprint density at radius 3 is 2.78 bits per heavy atom. The Morgan fingerprint density at radius 1 is 1.50 bits per heavy atom. The second-order valence-corrected chi connectivity index (χ2v) is 4.47. The number of non-ortho nitro benzene ring substituents is 1. The molecule has 0 aromatic heterocycles. The van der Waals surface area contributed by atoms with E-state index in [9.17, 15) is 14.5 Å². The zero-order chi connectivity index (χ0) is 13.5. The number of hydrogen-bond acceptors (Lipinski definition) is 3. The Hall–Kier alpha value is -1.36. The largest absolute Gasteiger partial charge is 0.491 e. The molecule has 0 aliphatic rings. The summed E-state index contributed by atoms with van der Waals surface area (Å²) in [5.41, 5.74) is -0.282. The molecule has 0 bridgehead atoms. The number of alkyl halides is 1. The zero-order valence-corrected chi connectivity index (χ0v) is 10.8. The molecule has 1 atom stereocenters. The number of benzene rings is 1. The summed E-state index contributed by atoms with van der Waals surface area (Å²) >= 11 is 5.60. The van der Waals surface area contributed by atoms with Crippen LogP contribution in [-0.4, -0.2) is 17.4 Å². The molecule has 0 aliphatic heterocycles. The Balaban J connectivity index is 2.50. The fraction of sp³-hybridized carbons (Fsp3) is 0.500. The average Bonchev–Trinajstić information content (AvgIpc) is 2.31. The number of halogens is 2. The van der Waals surface area contributed by atoms with Crippen molar-refractivity contribution in [2.24, 2.45) is 5.92 Å². The highest BCUT2D eigenvalue weighted by Crippen LogP contribution is 2.23. The fourth-order valence-corrected chi connectivity index (χ4v) is 1.79. The lowest BCUT2D eigenvalue weighted by Crippen LogP contribution is -2.05. The lowest BCUT2D eigenvalue weighted by atomic mass is 10.1. The number of rotatable bonds is 7. The van der Waals surface area contributed by atoms with Crippen LogP contribution >= 0.6 is 11.6 Å². The lowest BCUT2D eigenvalue weighted by Gasteiger charge is -2.11. The maximum Gasteiger partial charge on any atom is 0.272 e. The summed E-state index contributed by atoms with van der Waals surface area (Å²) in [7, 11) is 0. The molecular formula is C12H15ClFNO3. The van der Waals surface area contributed by atoms with Crippen molar-refractivity contribution in [2.75, 3.05) is 12.5 Å². The van der Waals surface area contributed by atoms with Crippen molar-refractivity contribution in [1.29, 1.82) is 0 Å². The number of hydrogen-bond donors (Lipinski definition) is 0. The zero-order valence-electron chi connectivity index (χ0n) is 10.1. The highest BCUT2D eigenvalue weighted by atomic mass is 35.5. The first-order chi connectivity index (χ1) is 8.54. The lowest BCUT2D eigenvalue weighted by molar-refractivity contribution is -0.385. The first-order valence-electron chi connectivity index (χ1n) is 5.67. The Labute approximate surface area is 110 Å². The monoisotopic (exact) mass is 275 g/mol. The molecule has 100 valence electrons. The van der Waals surface area contributed by atoms with Gasteiger partial charge >= 0.3 is 0 Å². The van der Waals surface area contributed by atoms with Crippen LogP contribution in [-0.2, 0) is 0 Å². The van der Waals surface area contributed by atoms with E-state index in [-0.39, 0.29) is 11.4 Å². The van der Waals surface area contributed by atoms with E-state index in [1.807, 2.05) is 6.92 Å². The van der Waals surface area contributed by atoms with Gasteiger partial charge < -0.3 is 4.74 Å². The van der Waals surface area contributed by atoms with Gasteiger partial charge in [0.1, 0.15) is 0 Å². The molecule has 0 saturated carbocycles. The molecule has 0 aliphatic carbocycles. The summed E-state index contributed by atoms with van der Waals surface area (Å²) in [6, 6.07) is 3.36. The van der Waals surface area contributed by atoms with Gasteiger partial charge in [-0.25, -0.2) is 4.39 Å². The van der Waals surface area contributed by atoms with Crippen LogP contribution < -0.4 is 4.74 Å². The predicted molar refractivity (Wildman–Crippen MR) is 67.7 cm³/mol. The molecule has 0 fully saturated rings. The third-order valence-electron chi connectivity index (χ3n) is 2.60. The van der Waals surface area contributed by atoms with E-state index in [2.05, 4.69) is 0 Å². The van der Waals surface area contributed by atoms with Gasteiger partial charge in [-0.1, -0.05) is 6.92 Å². The fourth-order valence-electron chi connectivity index (χ4n) is 1.42. The Morgan fingerprint density at radius 2 is 2.22 bits per heavy atom. The molecule has 1 unspecified atom stereocenters. The van der Waals surface area contributed by atoms with Gasteiger partial charge in [0.25, 0.3) is 5.69 Å². The standard InChI is InChI=1S/C12H15ClFNO3/c1-9(4-6-13)5-7-18-12-3-2-10(15(16)17)8-11(12)14/h2-3,8-9H,4-7H2,1H3. The molecule has 0 heterocycles. The van der Waals surface area contributed by atoms with Crippen LogP contribution in [0.3, 0.4) is 0 Å². The molecule has 0 saturated heterocycles. The number of nitro benzene ring substituents is 1. The summed E-state index contributed by atoms with van der Waals surface area (Å²) in [6.45, 7) is 2.41. The number of nitro groups is 1. The first kappa shape index (κ1) is 14.7. The van der Waals surface area contributed by atoms with E-state index in [0.717, 1.165) is 18.9 Å². The minimum absolute atomic E-state index is 0.0404. The van der Waals surface area contributed by atoms with E-state index in [0.29, 0.717) is 18.4 Å². The molecule has 0 amide bonds.